The van der Waals surface area contributed by atoms with Gasteiger partial charge in [0, 0.05) is 17.5 Å². The molecule has 3 rings (SSSR count). The number of hydrogen-bond donors (Lipinski definition) is 0. The fourth-order valence-electron chi connectivity index (χ4n) is 2.93. The number of nitro benzene ring substituents is 1. The van der Waals surface area contributed by atoms with E-state index >= 15 is 0 Å². The molecule has 0 saturated carbocycles. The lowest BCUT2D eigenvalue weighted by molar-refractivity contribution is -0.387. The topological polar surface area (TPSA) is 87.3 Å². The number of benzene rings is 2. The van der Waals surface area contributed by atoms with Crippen LogP contribution in [0.25, 0.3) is 0 Å². The number of aromatic nitrogens is 2. The molecule has 1 aromatic heterocycles. The van der Waals surface area contributed by atoms with Crippen molar-refractivity contribution in [3.05, 3.63) is 74.0 Å². The van der Waals surface area contributed by atoms with E-state index in [0.29, 0.717) is 45.1 Å². The molecule has 0 atom stereocenters. The highest BCUT2D eigenvalue weighted by Gasteiger charge is 2.21. The predicted octanol–water partition coefficient (Wildman–Crippen LogP) is 6.37. The van der Waals surface area contributed by atoms with Gasteiger partial charge in [-0.15, -0.1) is 0 Å². The number of rotatable bonds is 8. The summed E-state index contributed by atoms with van der Waals surface area (Å²) in [5, 5.41) is 16.5. The van der Waals surface area contributed by atoms with Crippen molar-refractivity contribution < 1.29 is 14.5 Å². The van der Waals surface area contributed by atoms with Crippen molar-refractivity contribution in [2.75, 3.05) is 6.61 Å². The maximum Gasteiger partial charge on any atom is 0.283 e. The molecule has 0 amide bonds. The van der Waals surface area contributed by atoms with E-state index in [1.165, 1.54) is 22.5 Å². The molecule has 0 aliphatic rings. The third kappa shape index (κ3) is 5.58. The van der Waals surface area contributed by atoms with E-state index in [-0.39, 0.29) is 18.0 Å². The molecule has 1 heterocycles. The Hall–Kier alpha value is -2.55. The molecule has 162 valence electrons. The second-order valence-electron chi connectivity index (χ2n) is 6.66. The number of nitrogens with zero attached hydrogens (tertiary/aromatic N) is 3. The van der Waals surface area contributed by atoms with Crippen LogP contribution >= 0.6 is 35.0 Å². The third-order valence-corrected chi connectivity index (χ3v) is 6.31. The molecule has 2 aromatic carbocycles. The SMILES string of the molecule is Cc1nn(C(=O)CCCOc2ccc(Cl)cc2Cl)c(C)c1Sc1ccccc1[N+](=O)[O-]. The van der Waals surface area contributed by atoms with Crippen LogP contribution in [0, 0.1) is 24.0 Å². The van der Waals surface area contributed by atoms with Crippen LogP contribution in [-0.4, -0.2) is 27.2 Å². The standard InChI is InChI=1S/C21H19Cl2N3O4S/c1-13-21(31-19-7-4-3-6-17(19)26(28)29)14(2)25(24-13)20(27)8-5-11-30-18-10-9-15(22)12-16(18)23/h3-4,6-7,9-10,12H,5,8,11H2,1-2H3. The van der Waals surface area contributed by atoms with Crippen LogP contribution in [0.4, 0.5) is 5.69 Å². The molecular formula is C21H19Cl2N3O4S. The van der Waals surface area contributed by atoms with Crippen molar-refractivity contribution in [3.63, 3.8) is 0 Å². The van der Waals surface area contributed by atoms with Crippen LogP contribution in [0.1, 0.15) is 29.0 Å². The lowest BCUT2D eigenvalue weighted by Gasteiger charge is -2.08. The van der Waals surface area contributed by atoms with Gasteiger partial charge in [0.2, 0.25) is 5.91 Å². The molecule has 0 aliphatic heterocycles. The molecule has 31 heavy (non-hydrogen) atoms. The van der Waals surface area contributed by atoms with E-state index in [9.17, 15) is 14.9 Å². The number of hydrogen-bond acceptors (Lipinski definition) is 6. The minimum absolute atomic E-state index is 0.0170. The number of carbonyl (C=O) groups excluding carboxylic acids is 1. The molecule has 0 bridgehead atoms. The van der Waals surface area contributed by atoms with Gasteiger partial charge in [-0.3, -0.25) is 14.9 Å². The van der Waals surface area contributed by atoms with Crippen LogP contribution in [0.15, 0.2) is 52.3 Å². The summed E-state index contributed by atoms with van der Waals surface area (Å²) in [6, 6.07) is 11.4. The van der Waals surface area contributed by atoms with Crippen LogP contribution in [0.5, 0.6) is 5.75 Å². The first-order valence-corrected chi connectivity index (χ1v) is 10.9. The minimum Gasteiger partial charge on any atom is -0.492 e. The van der Waals surface area contributed by atoms with Gasteiger partial charge in [0.15, 0.2) is 0 Å². The van der Waals surface area contributed by atoms with Crippen LogP contribution in [0.3, 0.4) is 0 Å². The van der Waals surface area contributed by atoms with Gasteiger partial charge in [0.05, 0.1) is 37.7 Å². The molecule has 0 unspecified atom stereocenters. The largest absolute Gasteiger partial charge is 0.492 e. The van der Waals surface area contributed by atoms with Crippen LogP contribution < -0.4 is 4.74 Å². The quantitative estimate of drug-likeness (QED) is 0.212. The third-order valence-electron chi connectivity index (χ3n) is 4.42. The highest BCUT2D eigenvalue weighted by molar-refractivity contribution is 7.99. The summed E-state index contributed by atoms with van der Waals surface area (Å²) >= 11 is 13.2. The Balaban J connectivity index is 1.64. The van der Waals surface area contributed by atoms with E-state index in [1.807, 2.05) is 0 Å². The summed E-state index contributed by atoms with van der Waals surface area (Å²) in [5.74, 6) is 0.327. The maximum atomic E-state index is 12.7. The average molecular weight is 480 g/mol. The summed E-state index contributed by atoms with van der Waals surface area (Å²) < 4.78 is 6.96. The fourth-order valence-corrected chi connectivity index (χ4v) is 4.43. The number of nitro groups is 1. The van der Waals surface area contributed by atoms with E-state index in [0.717, 1.165) is 4.90 Å². The van der Waals surface area contributed by atoms with Gasteiger partial charge in [0.25, 0.3) is 5.69 Å². The van der Waals surface area contributed by atoms with Gasteiger partial charge in [-0.2, -0.15) is 5.10 Å². The smallest absolute Gasteiger partial charge is 0.283 e. The minimum atomic E-state index is -0.421. The summed E-state index contributed by atoms with van der Waals surface area (Å²) in [7, 11) is 0. The van der Waals surface area contributed by atoms with Gasteiger partial charge in [0.1, 0.15) is 5.75 Å². The Bertz CT molecular complexity index is 1130. The molecule has 0 saturated heterocycles. The summed E-state index contributed by atoms with van der Waals surface area (Å²) in [5.41, 5.74) is 1.30. The lowest BCUT2D eigenvalue weighted by atomic mass is 10.3. The monoisotopic (exact) mass is 479 g/mol. The molecule has 0 radical (unpaired) electrons. The Morgan fingerprint density at radius 3 is 2.68 bits per heavy atom. The van der Waals surface area contributed by atoms with Gasteiger partial charge in [-0.05, 0) is 44.5 Å². The normalized spacial score (nSPS) is 10.8. The van der Waals surface area contributed by atoms with Crippen molar-refractivity contribution in [1.82, 2.24) is 9.78 Å². The predicted molar refractivity (Wildman–Crippen MR) is 121 cm³/mol. The molecule has 3 aromatic rings. The van der Waals surface area contributed by atoms with E-state index in [1.54, 1.807) is 50.2 Å². The van der Waals surface area contributed by atoms with Crippen molar-refractivity contribution in [3.8, 4) is 5.75 Å². The van der Waals surface area contributed by atoms with Crippen LogP contribution in [-0.2, 0) is 0 Å². The molecule has 10 heteroatoms. The zero-order valence-electron chi connectivity index (χ0n) is 16.8. The Kier molecular flexibility index (Phi) is 7.59. The molecule has 0 N–H and O–H groups in total. The fraction of sp³-hybridized carbons (Fsp3) is 0.238. The zero-order valence-corrected chi connectivity index (χ0v) is 19.1. The molecule has 7 nitrogen and oxygen atoms in total. The zero-order chi connectivity index (χ0) is 22.5. The van der Waals surface area contributed by atoms with Crippen molar-refractivity contribution >= 4 is 46.6 Å². The molecular weight excluding hydrogens is 461 g/mol. The summed E-state index contributed by atoms with van der Waals surface area (Å²) in [6.45, 7) is 3.86. The van der Waals surface area contributed by atoms with Gasteiger partial charge >= 0.3 is 0 Å². The molecule has 0 fully saturated rings. The second kappa shape index (κ2) is 10.2. The second-order valence-corrected chi connectivity index (χ2v) is 8.55. The average Bonchev–Trinajstić information content (AvgIpc) is 3.01. The highest BCUT2D eigenvalue weighted by atomic mass is 35.5. The van der Waals surface area contributed by atoms with Crippen LogP contribution in [0.2, 0.25) is 10.0 Å². The first-order chi connectivity index (χ1) is 14.8. The van der Waals surface area contributed by atoms with Gasteiger partial charge in [-0.1, -0.05) is 47.1 Å². The maximum absolute atomic E-state index is 12.7. The first-order valence-electron chi connectivity index (χ1n) is 9.36. The van der Waals surface area contributed by atoms with Crippen molar-refractivity contribution in [2.45, 2.75) is 36.5 Å². The number of ether oxygens (including phenoxy) is 1. The number of halogens is 2. The number of para-hydroxylation sites is 1. The Morgan fingerprint density at radius 1 is 1.23 bits per heavy atom. The van der Waals surface area contributed by atoms with Crippen molar-refractivity contribution in [1.29, 1.82) is 0 Å². The summed E-state index contributed by atoms with van der Waals surface area (Å²) in [6.07, 6.45) is 0.700. The van der Waals surface area contributed by atoms with Crippen molar-refractivity contribution in [2.24, 2.45) is 0 Å². The van der Waals surface area contributed by atoms with Gasteiger partial charge in [-0.25, -0.2) is 4.68 Å². The number of aryl methyl sites for hydroxylation is 1. The number of carbonyl (C=O) groups is 1. The summed E-state index contributed by atoms with van der Waals surface area (Å²) in [4.78, 5) is 24.7. The highest BCUT2D eigenvalue weighted by Crippen LogP contribution is 2.37. The Morgan fingerprint density at radius 2 is 1.97 bits per heavy atom. The van der Waals surface area contributed by atoms with Gasteiger partial charge < -0.3 is 4.74 Å². The first kappa shape index (κ1) is 23.1. The van der Waals surface area contributed by atoms with E-state index in [2.05, 4.69) is 5.10 Å². The lowest BCUT2D eigenvalue weighted by Crippen LogP contribution is -2.15. The Labute approximate surface area is 193 Å². The van der Waals surface area contributed by atoms with E-state index < -0.39 is 4.92 Å². The molecule has 0 spiro atoms. The molecule has 0 aliphatic carbocycles. The van der Waals surface area contributed by atoms with E-state index in [4.69, 9.17) is 27.9 Å².